The van der Waals surface area contributed by atoms with Gasteiger partial charge in [0.25, 0.3) is 11.8 Å². The first-order valence-electron chi connectivity index (χ1n) is 13.2. The number of amides is 2. The summed E-state index contributed by atoms with van der Waals surface area (Å²) < 4.78 is 0. The highest BCUT2D eigenvalue weighted by molar-refractivity contribution is 6.00. The number of carbonyl (C=O) groups excluding carboxylic acids is 2. The summed E-state index contributed by atoms with van der Waals surface area (Å²) in [5.41, 5.74) is 3.35. The van der Waals surface area contributed by atoms with E-state index in [0.717, 1.165) is 24.7 Å². The second-order valence-electron chi connectivity index (χ2n) is 12.6. The van der Waals surface area contributed by atoms with Crippen molar-refractivity contribution < 1.29 is 9.59 Å². The van der Waals surface area contributed by atoms with E-state index in [9.17, 15) is 9.59 Å². The average Bonchev–Trinajstić information content (AvgIpc) is 2.67. The van der Waals surface area contributed by atoms with E-state index in [1.54, 1.807) is 6.07 Å². The molecule has 4 heteroatoms. The summed E-state index contributed by atoms with van der Waals surface area (Å²) in [7, 11) is 0. The Morgan fingerprint density at radius 3 is 1.59 bits per heavy atom. The first kappa shape index (κ1) is 23.4. The Kier molecular flexibility index (Phi) is 5.98. The van der Waals surface area contributed by atoms with Gasteiger partial charge in [-0.3, -0.25) is 9.59 Å². The molecule has 4 unspecified atom stereocenters. The first-order valence-corrected chi connectivity index (χ1v) is 13.2. The highest BCUT2D eigenvalue weighted by Crippen LogP contribution is 2.44. The third-order valence-electron chi connectivity index (χ3n) is 8.45. The number of hydrogen-bond acceptors (Lipinski definition) is 2. The van der Waals surface area contributed by atoms with Crippen molar-refractivity contribution in [3.8, 4) is 0 Å². The van der Waals surface area contributed by atoms with Crippen molar-refractivity contribution in [3.05, 3.63) is 58.7 Å². The van der Waals surface area contributed by atoms with Crippen LogP contribution < -0.4 is 10.6 Å². The van der Waals surface area contributed by atoms with Crippen molar-refractivity contribution in [2.75, 3.05) is 0 Å². The molecule has 2 amide bonds. The Balaban J connectivity index is 1.30. The van der Waals surface area contributed by atoms with Crippen molar-refractivity contribution in [1.29, 1.82) is 0 Å². The molecule has 4 nitrogen and oxygen atoms in total. The van der Waals surface area contributed by atoms with E-state index in [4.69, 9.17) is 0 Å². The van der Waals surface area contributed by atoms with Gasteiger partial charge in [0.05, 0.1) is 11.1 Å². The van der Waals surface area contributed by atoms with Crippen LogP contribution >= 0.6 is 0 Å². The Morgan fingerprint density at radius 1 is 0.765 bits per heavy atom. The van der Waals surface area contributed by atoms with Gasteiger partial charge in [0, 0.05) is 11.1 Å². The average molecular weight is 461 g/mol. The van der Waals surface area contributed by atoms with E-state index < -0.39 is 0 Å². The lowest BCUT2D eigenvalue weighted by Crippen LogP contribution is -2.48. The van der Waals surface area contributed by atoms with Gasteiger partial charge in [-0.25, -0.2) is 0 Å². The highest BCUT2D eigenvalue weighted by Gasteiger charge is 2.37. The summed E-state index contributed by atoms with van der Waals surface area (Å²) in [6.07, 6.45) is 13.7. The maximum absolute atomic E-state index is 13.3. The van der Waals surface area contributed by atoms with Crippen LogP contribution in [0.3, 0.4) is 0 Å². The van der Waals surface area contributed by atoms with Gasteiger partial charge in [-0.1, -0.05) is 43.2 Å². The molecule has 1 aromatic carbocycles. The van der Waals surface area contributed by atoms with Crippen LogP contribution in [0.15, 0.2) is 47.6 Å². The van der Waals surface area contributed by atoms with Gasteiger partial charge in [-0.2, -0.15) is 0 Å². The molecule has 0 saturated heterocycles. The second-order valence-corrected chi connectivity index (χ2v) is 12.6. The SMILES string of the molecule is CC1CC2CC(=CC(C)(NC(=O)c3cccc(C(=O)NC4(C)C=C5CC(C5)CC(C)C4)c3)C1)C2. The quantitative estimate of drug-likeness (QED) is 0.526. The number of hydrogen-bond donors (Lipinski definition) is 2. The summed E-state index contributed by atoms with van der Waals surface area (Å²) in [6, 6.07) is 7.18. The predicted octanol–water partition coefficient (Wildman–Crippen LogP) is 6.20. The largest absolute Gasteiger partial charge is 0.343 e. The third-order valence-corrected chi connectivity index (χ3v) is 8.45. The van der Waals surface area contributed by atoms with Gasteiger partial charge in [-0.05, 0) is 107 Å². The predicted molar refractivity (Wildman–Crippen MR) is 137 cm³/mol. The molecule has 6 aliphatic carbocycles. The van der Waals surface area contributed by atoms with Crippen LogP contribution in [0.4, 0.5) is 0 Å². The van der Waals surface area contributed by atoms with Crippen LogP contribution in [0.5, 0.6) is 0 Å². The molecule has 0 spiro atoms. The van der Waals surface area contributed by atoms with Gasteiger partial charge in [0.1, 0.15) is 0 Å². The van der Waals surface area contributed by atoms with Crippen molar-refractivity contribution in [2.24, 2.45) is 23.7 Å². The number of fused-ring (bicyclic) bond motifs is 8. The minimum absolute atomic E-state index is 0.105. The first-order chi connectivity index (χ1) is 16.1. The fourth-order valence-corrected chi connectivity index (χ4v) is 7.34. The number of carbonyl (C=O) groups is 2. The zero-order valence-electron chi connectivity index (χ0n) is 21.2. The van der Waals surface area contributed by atoms with Crippen LogP contribution in [-0.2, 0) is 0 Å². The molecule has 2 saturated carbocycles. The molecular formula is C30H40N2O2. The summed E-state index contributed by atoms with van der Waals surface area (Å²) in [4.78, 5) is 26.5. The Morgan fingerprint density at radius 2 is 1.18 bits per heavy atom. The molecule has 182 valence electrons. The van der Waals surface area contributed by atoms with Crippen LogP contribution in [0.1, 0.15) is 99.8 Å². The standard InChI is InChI=1S/C30H40N2O2/c1-19-8-21-10-23(11-21)17-29(3,15-19)31-27(33)25-6-5-7-26(14-25)28(34)32-30(4)16-20(2)9-22-12-24(13-22)18-30/h5-7,14,17-22H,8-13,15-16H2,1-4H3,(H,31,33)(H,32,34). The van der Waals surface area contributed by atoms with E-state index in [1.807, 2.05) is 18.2 Å². The molecule has 6 aliphatic rings. The van der Waals surface area contributed by atoms with Crippen molar-refractivity contribution in [2.45, 2.75) is 90.1 Å². The number of nitrogens with one attached hydrogen (secondary N) is 2. The molecule has 4 bridgehead atoms. The highest BCUT2D eigenvalue weighted by atomic mass is 16.2. The molecule has 34 heavy (non-hydrogen) atoms. The van der Waals surface area contributed by atoms with E-state index >= 15 is 0 Å². The Bertz CT molecular complexity index is 960. The molecule has 0 radical (unpaired) electrons. The minimum atomic E-state index is -0.342. The molecule has 1 aromatic rings. The lowest BCUT2D eigenvalue weighted by molar-refractivity contribution is 0.0905. The number of benzene rings is 1. The smallest absolute Gasteiger partial charge is 0.251 e. The lowest BCUT2D eigenvalue weighted by atomic mass is 9.68. The van der Waals surface area contributed by atoms with E-state index in [1.165, 1.54) is 49.7 Å². The molecular weight excluding hydrogens is 420 g/mol. The van der Waals surface area contributed by atoms with E-state index in [-0.39, 0.29) is 22.9 Å². The summed E-state index contributed by atoms with van der Waals surface area (Å²) >= 11 is 0. The van der Waals surface area contributed by atoms with Gasteiger partial charge >= 0.3 is 0 Å². The molecule has 0 aliphatic heterocycles. The summed E-state index contributed by atoms with van der Waals surface area (Å²) in [5.74, 6) is 2.62. The summed E-state index contributed by atoms with van der Waals surface area (Å²) in [5, 5.41) is 6.59. The second kappa shape index (κ2) is 8.70. The summed E-state index contributed by atoms with van der Waals surface area (Å²) in [6.45, 7) is 8.86. The molecule has 0 heterocycles. The van der Waals surface area contributed by atoms with Crippen molar-refractivity contribution in [1.82, 2.24) is 10.6 Å². The van der Waals surface area contributed by atoms with Crippen LogP contribution in [0.25, 0.3) is 0 Å². The molecule has 4 atom stereocenters. The Labute approximate surface area is 204 Å². The third kappa shape index (κ3) is 5.01. The van der Waals surface area contributed by atoms with Gasteiger partial charge in [-0.15, -0.1) is 0 Å². The maximum atomic E-state index is 13.3. The van der Waals surface area contributed by atoms with E-state index in [0.29, 0.717) is 23.0 Å². The number of allylic oxidation sites excluding steroid dienone is 2. The minimum Gasteiger partial charge on any atom is -0.343 e. The molecule has 2 fully saturated rings. The molecule has 2 N–H and O–H groups in total. The molecule has 7 rings (SSSR count). The monoisotopic (exact) mass is 460 g/mol. The topological polar surface area (TPSA) is 58.2 Å². The zero-order valence-corrected chi connectivity index (χ0v) is 21.2. The van der Waals surface area contributed by atoms with Crippen molar-refractivity contribution in [3.63, 3.8) is 0 Å². The van der Waals surface area contributed by atoms with Crippen LogP contribution in [-0.4, -0.2) is 22.9 Å². The Hall–Kier alpha value is -2.36. The maximum Gasteiger partial charge on any atom is 0.251 e. The zero-order chi connectivity index (χ0) is 24.1. The van der Waals surface area contributed by atoms with Gasteiger partial charge in [0.2, 0.25) is 0 Å². The van der Waals surface area contributed by atoms with Crippen LogP contribution in [0, 0.1) is 23.7 Å². The van der Waals surface area contributed by atoms with Crippen molar-refractivity contribution >= 4 is 11.8 Å². The number of rotatable bonds is 4. The molecule has 0 aromatic heterocycles. The van der Waals surface area contributed by atoms with Gasteiger partial charge < -0.3 is 10.6 Å². The fourth-order valence-electron chi connectivity index (χ4n) is 7.34. The lowest BCUT2D eigenvalue weighted by Gasteiger charge is -2.41. The van der Waals surface area contributed by atoms with Crippen LogP contribution in [0.2, 0.25) is 0 Å². The fraction of sp³-hybridized carbons (Fsp3) is 0.600. The van der Waals surface area contributed by atoms with E-state index in [2.05, 4.69) is 50.5 Å². The normalized spacial score (nSPS) is 36.7. The van der Waals surface area contributed by atoms with Gasteiger partial charge in [0.15, 0.2) is 0 Å².